The van der Waals surface area contributed by atoms with Crippen LogP contribution in [0.15, 0.2) is 41.3 Å². The molecule has 132 valence electrons. The van der Waals surface area contributed by atoms with Crippen LogP contribution in [0.2, 0.25) is 5.02 Å². The maximum atomic E-state index is 10.5. The Labute approximate surface area is 160 Å². The average molecular weight is 484 g/mol. The second-order valence-corrected chi connectivity index (χ2v) is 8.15. The van der Waals surface area contributed by atoms with E-state index in [0.29, 0.717) is 5.02 Å². The van der Waals surface area contributed by atoms with Gasteiger partial charge >= 0.3 is 0 Å². The van der Waals surface area contributed by atoms with Crippen molar-refractivity contribution in [3.8, 4) is 5.75 Å². The number of phenols is 1. The van der Waals surface area contributed by atoms with Crippen molar-refractivity contribution in [2.75, 3.05) is 0 Å². The van der Waals surface area contributed by atoms with Crippen molar-refractivity contribution < 1.29 is 18.1 Å². The van der Waals surface area contributed by atoms with Crippen molar-refractivity contribution >= 4 is 44.3 Å². The summed E-state index contributed by atoms with van der Waals surface area (Å²) in [5, 5.41) is 10.3. The van der Waals surface area contributed by atoms with E-state index >= 15 is 0 Å². The lowest BCUT2D eigenvalue weighted by Gasteiger charge is -2.12. The third-order valence-corrected chi connectivity index (χ3v) is 5.12. The Morgan fingerprint density at radius 1 is 1.25 bits per heavy atom. The molecule has 0 saturated heterocycles. The van der Waals surface area contributed by atoms with Crippen LogP contribution in [0.5, 0.6) is 5.75 Å². The number of aryl methyl sites for hydroxylation is 1. The zero-order valence-corrected chi connectivity index (χ0v) is 16.9. The lowest BCUT2D eigenvalue weighted by atomic mass is 10.0. The normalized spacial score (nSPS) is 12.2. The minimum atomic E-state index is -4.02. The molecule has 0 aliphatic carbocycles. The molecule has 4 N–H and O–H groups in total. The maximum absolute atomic E-state index is 10.5. The first kappa shape index (κ1) is 21.2. The lowest BCUT2D eigenvalue weighted by Crippen LogP contribution is -2.09. The van der Waals surface area contributed by atoms with E-state index in [0.717, 1.165) is 21.1 Å². The highest BCUT2D eigenvalue weighted by molar-refractivity contribution is 14.1. The Morgan fingerprint density at radius 3 is 2.25 bits per heavy atom. The molecule has 0 unspecified atom stereocenters. The van der Waals surface area contributed by atoms with Crippen LogP contribution >= 0.6 is 34.2 Å². The number of hydrogen-bond donors (Lipinski definition) is 3. The Balaban J connectivity index is 0.000000243. The van der Waals surface area contributed by atoms with Gasteiger partial charge in [-0.1, -0.05) is 36.2 Å². The minimum Gasteiger partial charge on any atom is -0.506 e. The van der Waals surface area contributed by atoms with Gasteiger partial charge in [0.2, 0.25) is 0 Å². The Hall–Kier alpha value is -0.870. The van der Waals surface area contributed by atoms with Gasteiger partial charge in [0.1, 0.15) is 5.75 Å². The van der Waals surface area contributed by atoms with Crippen LogP contribution in [0, 0.1) is 10.5 Å². The van der Waals surface area contributed by atoms with E-state index in [2.05, 4.69) is 0 Å². The lowest BCUT2D eigenvalue weighted by molar-refractivity contribution is 0.456. The van der Waals surface area contributed by atoms with E-state index < -0.39 is 10.1 Å². The zero-order valence-electron chi connectivity index (χ0n) is 13.2. The second kappa shape index (κ2) is 9.00. The van der Waals surface area contributed by atoms with Crippen LogP contribution in [-0.2, 0) is 10.1 Å². The number of nitrogens with two attached hydrogens (primary N) is 1. The van der Waals surface area contributed by atoms with Crippen molar-refractivity contribution in [1.82, 2.24) is 0 Å². The summed E-state index contributed by atoms with van der Waals surface area (Å²) in [7, 11) is -4.02. The predicted molar refractivity (Wildman–Crippen MR) is 104 cm³/mol. The van der Waals surface area contributed by atoms with Crippen molar-refractivity contribution in [2.45, 2.75) is 31.2 Å². The van der Waals surface area contributed by atoms with Gasteiger partial charge in [0.25, 0.3) is 10.1 Å². The number of rotatable bonds is 3. The highest BCUT2D eigenvalue weighted by atomic mass is 127. The minimum absolute atomic E-state index is 0.0666. The molecule has 0 heterocycles. The smallest absolute Gasteiger partial charge is 0.294 e. The average Bonchev–Trinajstić information content (AvgIpc) is 2.50. The largest absolute Gasteiger partial charge is 0.506 e. The highest BCUT2D eigenvalue weighted by Crippen LogP contribution is 2.32. The van der Waals surface area contributed by atoms with Crippen LogP contribution in [0.4, 0.5) is 0 Å². The Kier molecular flexibility index (Phi) is 7.94. The number of hydrogen-bond acceptors (Lipinski definition) is 4. The number of aromatic hydroxyl groups is 1. The zero-order chi connectivity index (χ0) is 18.5. The Morgan fingerprint density at radius 2 is 1.79 bits per heavy atom. The van der Waals surface area contributed by atoms with Crippen LogP contribution < -0.4 is 5.73 Å². The van der Waals surface area contributed by atoms with Gasteiger partial charge in [-0.25, -0.2) is 0 Å². The van der Waals surface area contributed by atoms with Gasteiger partial charge in [0.05, 0.1) is 8.47 Å². The molecule has 0 fully saturated rings. The molecule has 2 rings (SSSR count). The van der Waals surface area contributed by atoms with Crippen molar-refractivity contribution in [3.63, 3.8) is 0 Å². The van der Waals surface area contributed by atoms with Gasteiger partial charge in [0.15, 0.2) is 0 Å². The highest BCUT2D eigenvalue weighted by Gasteiger charge is 2.12. The first-order valence-corrected chi connectivity index (χ1v) is 9.93. The van der Waals surface area contributed by atoms with E-state index in [4.69, 9.17) is 21.9 Å². The molecule has 1 atom stereocenters. The van der Waals surface area contributed by atoms with E-state index in [1.165, 1.54) is 12.1 Å². The maximum Gasteiger partial charge on any atom is 0.294 e. The molecule has 0 saturated carbocycles. The van der Waals surface area contributed by atoms with Crippen LogP contribution in [0.1, 0.15) is 30.5 Å². The molecule has 0 aliphatic rings. The first-order valence-electron chi connectivity index (χ1n) is 7.04. The fraction of sp³-hybridized carbons (Fsp3) is 0.250. The molecule has 2 aromatic rings. The van der Waals surface area contributed by atoms with E-state index in [-0.39, 0.29) is 16.7 Å². The number of benzene rings is 2. The topological polar surface area (TPSA) is 101 Å². The summed E-state index contributed by atoms with van der Waals surface area (Å²) in [4.78, 5) is -0.0666. The third kappa shape index (κ3) is 6.21. The summed E-state index contributed by atoms with van der Waals surface area (Å²) in [6, 6.07) is 9.27. The third-order valence-electron chi connectivity index (χ3n) is 3.22. The molecular formula is C16H19ClINO4S. The summed E-state index contributed by atoms with van der Waals surface area (Å²) >= 11 is 7.89. The first-order chi connectivity index (χ1) is 11.1. The molecule has 0 amide bonds. The molecule has 2 aromatic carbocycles. The number of phenolic OH excluding ortho intramolecular Hbond substituents is 1. The molecule has 5 nitrogen and oxygen atoms in total. The standard InChI is InChI=1S/C9H11ClINO.C7H8O3S/c1-2-8(12)6-3-5(10)4-7(11)9(6)13;1-6-2-4-7(5-3-6)11(8,9)10/h3-4,8,13H,2,12H2,1H3;2-5H,1H3,(H,8,9,10)/t8-;/m0./s1. The van der Waals surface area contributed by atoms with Gasteiger partial charge in [-0.2, -0.15) is 8.42 Å². The molecule has 0 bridgehead atoms. The molecular weight excluding hydrogens is 465 g/mol. The summed E-state index contributed by atoms with van der Waals surface area (Å²) in [5.74, 6) is 0.249. The van der Waals surface area contributed by atoms with Crippen LogP contribution in [0.25, 0.3) is 0 Å². The van der Waals surface area contributed by atoms with Crippen LogP contribution in [-0.4, -0.2) is 18.1 Å². The number of halogens is 2. The quantitative estimate of drug-likeness (QED) is 0.446. The molecule has 8 heteroatoms. The fourth-order valence-corrected chi connectivity index (χ4v) is 3.34. The van der Waals surface area contributed by atoms with Crippen molar-refractivity contribution in [1.29, 1.82) is 0 Å². The molecule has 0 spiro atoms. The van der Waals surface area contributed by atoms with E-state index in [1.54, 1.807) is 24.3 Å². The summed E-state index contributed by atoms with van der Waals surface area (Å²) in [5.41, 5.74) is 7.49. The molecule has 0 radical (unpaired) electrons. The SMILES string of the molecule is CC[C@H](N)c1cc(Cl)cc(I)c1O.Cc1ccc(S(=O)(=O)O)cc1. The molecule has 0 aromatic heterocycles. The summed E-state index contributed by atoms with van der Waals surface area (Å²) < 4.78 is 30.3. The molecule has 0 aliphatic heterocycles. The van der Waals surface area contributed by atoms with Crippen molar-refractivity contribution in [3.05, 3.63) is 56.1 Å². The van der Waals surface area contributed by atoms with Gasteiger partial charge in [-0.15, -0.1) is 0 Å². The monoisotopic (exact) mass is 483 g/mol. The van der Waals surface area contributed by atoms with E-state index in [9.17, 15) is 13.5 Å². The summed E-state index contributed by atoms with van der Waals surface area (Å²) in [6.07, 6.45) is 0.782. The fourth-order valence-electron chi connectivity index (χ4n) is 1.80. The van der Waals surface area contributed by atoms with Gasteiger partial charge in [-0.3, -0.25) is 4.55 Å². The van der Waals surface area contributed by atoms with Gasteiger partial charge < -0.3 is 10.8 Å². The predicted octanol–water partition coefficient (Wildman–Crippen LogP) is 4.30. The van der Waals surface area contributed by atoms with Gasteiger partial charge in [0, 0.05) is 16.6 Å². The van der Waals surface area contributed by atoms with Gasteiger partial charge in [-0.05, 0) is 60.2 Å². The molecule has 24 heavy (non-hydrogen) atoms. The Bertz CT molecular complexity index is 794. The van der Waals surface area contributed by atoms with E-state index in [1.807, 2.05) is 36.4 Å². The van der Waals surface area contributed by atoms with Crippen LogP contribution in [0.3, 0.4) is 0 Å². The van der Waals surface area contributed by atoms with Crippen molar-refractivity contribution in [2.24, 2.45) is 5.73 Å². The second-order valence-electron chi connectivity index (χ2n) is 5.13. The summed E-state index contributed by atoms with van der Waals surface area (Å²) in [6.45, 7) is 3.81.